The summed E-state index contributed by atoms with van der Waals surface area (Å²) < 4.78 is 0. The van der Waals surface area contributed by atoms with Crippen molar-refractivity contribution in [1.29, 1.82) is 0 Å². The Kier molecular flexibility index (Phi) is 24.1. The second-order valence-corrected chi connectivity index (χ2v) is 3.38. The molecule has 4 heteroatoms. The third kappa shape index (κ3) is 16.3. The van der Waals surface area contributed by atoms with Crippen molar-refractivity contribution >= 4 is 56.0 Å². The fourth-order valence-electron chi connectivity index (χ4n) is 0.543. The fourth-order valence-corrected chi connectivity index (χ4v) is 1.34. The normalized spacial score (nSPS) is 8.70. The number of rotatable bonds is 5. The summed E-state index contributed by atoms with van der Waals surface area (Å²) in [5.74, 6) is 0. The highest BCUT2D eigenvalue weighted by Crippen LogP contribution is 2.02. The van der Waals surface area contributed by atoms with Crippen molar-refractivity contribution < 1.29 is 0 Å². The van der Waals surface area contributed by atoms with Gasteiger partial charge in [0.2, 0.25) is 0 Å². The lowest BCUT2D eigenvalue weighted by Gasteiger charge is -1.92. The van der Waals surface area contributed by atoms with E-state index in [0.29, 0.717) is 0 Å². The van der Waals surface area contributed by atoms with E-state index < -0.39 is 0 Å². The van der Waals surface area contributed by atoms with E-state index >= 15 is 0 Å². The van der Waals surface area contributed by atoms with Crippen LogP contribution in [-0.2, 0) is 0 Å². The molecular formula is C6H15Br3Si. The Morgan fingerprint density at radius 3 is 1.20 bits per heavy atom. The Balaban J connectivity index is 0. The molecule has 0 aliphatic heterocycles. The molecule has 0 nitrogen and oxygen atoms in total. The topological polar surface area (TPSA) is 0 Å². The zero-order chi connectivity index (χ0) is 8.24. The van der Waals surface area contributed by atoms with E-state index in [9.17, 15) is 0 Å². The van der Waals surface area contributed by atoms with E-state index in [1.807, 2.05) is 0 Å². The molecule has 0 saturated heterocycles. The van der Waals surface area contributed by atoms with E-state index in [0.717, 1.165) is 19.5 Å². The summed E-state index contributed by atoms with van der Waals surface area (Å²) in [6.45, 7) is 0. The third-order valence-corrected chi connectivity index (χ3v) is 2.14. The van der Waals surface area contributed by atoms with Gasteiger partial charge >= 0.3 is 0 Å². The number of alkyl halides is 2. The van der Waals surface area contributed by atoms with Crippen LogP contribution >= 0.6 is 47.2 Å². The van der Waals surface area contributed by atoms with Crippen LogP contribution in [0.4, 0.5) is 0 Å². The quantitative estimate of drug-likeness (QED) is 0.308. The molecule has 0 aromatic rings. The SMILES string of the molecule is BrCCCCCCBr.[SiH3]Br. The van der Waals surface area contributed by atoms with Gasteiger partial charge in [0.1, 0.15) is 0 Å². The highest BCUT2D eigenvalue weighted by Gasteiger charge is 1.84. The van der Waals surface area contributed by atoms with Crippen molar-refractivity contribution in [2.45, 2.75) is 25.7 Å². The van der Waals surface area contributed by atoms with Crippen LogP contribution in [-0.4, -0.2) is 19.5 Å². The van der Waals surface area contributed by atoms with Crippen LogP contribution in [0, 0.1) is 0 Å². The highest BCUT2D eigenvalue weighted by atomic mass is 79.9. The second-order valence-electron chi connectivity index (χ2n) is 1.79. The predicted molar refractivity (Wildman–Crippen MR) is 64.9 cm³/mol. The molecule has 0 aromatic carbocycles. The molecule has 0 aliphatic rings. The lowest BCUT2D eigenvalue weighted by Crippen LogP contribution is -1.78. The lowest BCUT2D eigenvalue weighted by molar-refractivity contribution is 0.715. The molecule has 0 heterocycles. The Hall–Kier alpha value is 1.66. The Bertz CT molecular complexity index is 38.0. The largest absolute Gasteiger partial charge is 0.140 e. The van der Waals surface area contributed by atoms with Gasteiger partial charge in [0.25, 0.3) is 0 Å². The van der Waals surface area contributed by atoms with Gasteiger partial charge in [0, 0.05) is 10.7 Å². The van der Waals surface area contributed by atoms with Crippen molar-refractivity contribution in [3.8, 4) is 0 Å². The lowest BCUT2D eigenvalue weighted by atomic mass is 10.2. The maximum atomic E-state index is 3.39. The molecule has 0 N–H and O–H groups in total. The minimum Gasteiger partial charge on any atom is -0.140 e. The molecular weight excluding hydrogens is 340 g/mol. The van der Waals surface area contributed by atoms with Crippen LogP contribution in [0.5, 0.6) is 0 Å². The van der Waals surface area contributed by atoms with E-state index in [1.165, 1.54) is 25.7 Å². The molecule has 64 valence electrons. The van der Waals surface area contributed by atoms with Crippen molar-refractivity contribution in [1.82, 2.24) is 0 Å². The second kappa shape index (κ2) is 17.0. The van der Waals surface area contributed by atoms with Gasteiger partial charge in [0.05, 0.1) is 8.86 Å². The molecule has 0 spiro atoms. The van der Waals surface area contributed by atoms with Crippen LogP contribution < -0.4 is 0 Å². The minimum absolute atomic E-state index is 1.12. The van der Waals surface area contributed by atoms with Gasteiger partial charge in [-0.25, -0.2) is 0 Å². The molecule has 0 aliphatic carbocycles. The van der Waals surface area contributed by atoms with Crippen molar-refractivity contribution in [2.24, 2.45) is 0 Å². The van der Waals surface area contributed by atoms with E-state index in [4.69, 9.17) is 0 Å². The Morgan fingerprint density at radius 2 is 1.00 bits per heavy atom. The molecule has 0 fully saturated rings. The van der Waals surface area contributed by atoms with E-state index in [2.05, 4.69) is 47.2 Å². The average Bonchev–Trinajstić information content (AvgIpc) is 2.02. The van der Waals surface area contributed by atoms with Gasteiger partial charge in [0.15, 0.2) is 0 Å². The standard InChI is InChI=1S/C6H12Br2.BrH3Si/c7-5-3-1-2-4-6-8;1-2/h1-6H2;2H3. The van der Waals surface area contributed by atoms with Gasteiger partial charge in [-0.1, -0.05) is 44.7 Å². The van der Waals surface area contributed by atoms with Crippen LogP contribution in [0.1, 0.15) is 25.7 Å². The molecule has 0 bridgehead atoms. The maximum absolute atomic E-state index is 3.39. The summed E-state index contributed by atoms with van der Waals surface area (Å²) >= 11 is 9.86. The van der Waals surface area contributed by atoms with Gasteiger partial charge in [-0.05, 0) is 12.8 Å². The highest BCUT2D eigenvalue weighted by molar-refractivity contribution is 9.22. The number of hydrogen-bond acceptors (Lipinski definition) is 0. The van der Waals surface area contributed by atoms with E-state index in [-0.39, 0.29) is 0 Å². The number of hydrogen-bond donors (Lipinski definition) is 0. The first-order valence-electron chi connectivity index (χ1n) is 3.41. The van der Waals surface area contributed by atoms with Gasteiger partial charge in [-0.2, -0.15) is 0 Å². The monoisotopic (exact) mass is 352 g/mol. The summed E-state index contributed by atoms with van der Waals surface area (Å²) in [5, 5.41) is 2.32. The van der Waals surface area contributed by atoms with Crippen LogP contribution in [0.3, 0.4) is 0 Å². The molecule has 0 atom stereocenters. The van der Waals surface area contributed by atoms with E-state index in [1.54, 1.807) is 0 Å². The van der Waals surface area contributed by atoms with Gasteiger partial charge < -0.3 is 0 Å². The third-order valence-electron chi connectivity index (χ3n) is 1.02. The first-order valence-corrected chi connectivity index (χ1v) is 11.2. The summed E-state index contributed by atoms with van der Waals surface area (Å²) in [6, 6.07) is 0. The van der Waals surface area contributed by atoms with Crippen LogP contribution in [0.25, 0.3) is 0 Å². The summed E-state index contributed by atoms with van der Waals surface area (Å²) in [5.41, 5.74) is 0. The average molecular weight is 355 g/mol. The summed E-state index contributed by atoms with van der Waals surface area (Å²) in [6.07, 6.45) is 5.40. The molecule has 0 amide bonds. The first-order chi connectivity index (χ1) is 4.91. The predicted octanol–water partition coefficient (Wildman–Crippen LogP) is 3.00. The minimum atomic E-state index is 1.12. The number of halogens is 3. The van der Waals surface area contributed by atoms with Crippen molar-refractivity contribution in [3.63, 3.8) is 0 Å². The zero-order valence-corrected chi connectivity index (χ0v) is 13.1. The molecule has 0 rings (SSSR count). The molecule has 0 saturated carbocycles. The maximum Gasteiger partial charge on any atom is 0.0825 e. The molecule has 0 radical (unpaired) electrons. The summed E-state index contributed by atoms with van der Waals surface area (Å²) in [4.78, 5) is 0. The van der Waals surface area contributed by atoms with Crippen LogP contribution in [0.15, 0.2) is 0 Å². The number of unbranched alkanes of at least 4 members (excludes halogenated alkanes) is 3. The smallest absolute Gasteiger partial charge is 0.0825 e. The van der Waals surface area contributed by atoms with Crippen molar-refractivity contribution in [3.05, 3.63) is 0 Å². The van der Waals surface area contributed by atoms with Gasteiger partial charge in [-0.3, -0.25) is 0 Å². The summed E-state index contributed by atoms with van der Waals surface area (Å²) in [7, 11) is 1.12. The zero-order valence-electron chi connectivity index (χ0n) is 6.38. The Morgan fingerprint density at radius 1 is 0.700 bits per heavy atom. The van der Waals surface area contributed by atoms with Gasteiger partial charge in [-0.15, -0.1) is 15.3 Å². The van der Waals surface area contributed by atoms with Crippen LogP contribution in [0.2, 0.25) is 0 Å². The molecule has 0 unspecified atom stereocenters. The molecule has 0 aromatic heterocycles. The Labute approximate surface area is 91.8 Å². The molecule has 10 heavy (non-hydrogen) atoms. The fraction of sp³-hybridized carbons (Fsp3) is 1.00. The van der Waals surface area contributed by atoms with Crippen molar-refractivity contribution in [2.75, 3.05) is 10.7 Å². The first kappa shape index (κ1) is 14.2.